The molecule has 0 saturated carbocycles. The van der Waals surface area contributed by atoms with E-state index in [0.29, 0.717) is 6.61 Å². The van der Waals surface area contributed by atoms with Gasteiger partial charge in [0.25, 0.3) is 5.91 Å². The number of carboxylic acids is 1. The molecule has 6 heteroatoms. The molecule has 1 amide bonds. The van der Waals surface area contributed by atoms with Gasteiger partial charge >= 0.3 is 5.97 Å². The van der Waals surface area contributed by atoms with Gasteiger partial charge < -0.3 is 9.84 Å². The van der Waals surface area contributed by atoms with E-state index >= 15 is 0 Å². The molecule has 0 bridgehead atoms. The quantitative estimate of drug-likeness (QED) is 0.516. The summed E-state index contributed by atoms with van der Waals surface area (Å²) in [7, 11) is 0. The minimum atomic E-state index is -1.11. The minimum absolute atomic E-state index is 0.313. The third-order valence-corrected chi connectivity index (χ3v) is 0.789. The van der Waals surface area contributed by atoms with Crippen LogP contribution in [-0.4, -0.2) is 36.8 Å². The fourth-order valence-electron chi connectivity index (χ4n) is 0.413. The predicted molar refractivity (Wildman–Crippen MR) is 38.2 cm³/mol. The van der Waals surface area contributed by atoms with E-state index in [0.717, 1.165) is 0 Å². The van der Waals surface area contributed by atoms with Crippen molar-refractivity contribution in [2.45, 2.75) is 6.92 Å². The fourth-order valence-corrected chi connectivity index (χ4v) is 0.413. The molecule has 0 spiro atoms. The van der Waals surface area contributed by atoms with Gasteiger partial charge in [-0.15, -0.1) is 0 Å². The Balaban J connectivity index is 3.25. The molecule has 70 valence electrons. The van der Waals surface area contributed by atoms with E-state index in [-0.39, 0.29) is 6.61 Å². The van der Waals surface area contributed by atoms with E-state index < -0.39 is 18.5 Å². The summed E-state index contributed by atoms with van der Waals surface area (Å²) < 4.78 is 4.46. The van der Waals surface area contributed by atoms with E-state index in [1.165, 1.54) is 0 Å². The zero-order valence-corrected chi connectivity index (χ0v) is 6.70. The molecular weight excluding hydrogens is 166 g/mol. The summed E-state index contributed by atoms with van der Waals surface area (Å²) in [6, 6.07) is 0. The van der Waals surface area contributed by atoms with Crippen molar-refractivity contribution in [1.29, 1.82) is 0 Å². The zero-order chi connectivity index (χ0) is 9.40. The molecule has 6 nitrogen and oxygen atoms in total. The number of aliphatic carboxylic acids is 1. The number of amides is 1. The van der Waals surface area contributed by atoms with Crippen LogP contribution in [0.2, 0.25) is 0 Å². The van der Waals surface area contributed by atoms with Crippen LogP contribution in [0.3, 0.4) is 0 Å². The number of hydroxylamine groups is 1. The first kappa shape index (κ1) is 10.9. The molecule has 0 heterocycles. The van der Waals surface area contributed by atoms with Gasteiger partial charge in [-0.05, 0) is 6.92 Å². The Bertz CT molecular complexity index is 158. The van der Waals surface area contributed by atoms with E-state index in [4.69, 9.17) is 5.11 Å². The number of ether oxygens (including phenoxy) is 1. The Hall–Kier alpha value is -1.14. The second kappa shape index (κ2) is 6.56. The molecule has 2 N–H and O–H groups in total. The molecule has 0 aliphatic rings. The van der Waals surface area contributed by atoms with Crippen molar-refractivity contribution in [1.82, 2.24) is 5.48 Å². The molecule has 0 atom stereocenters. The van der Waals surface area contributed by atoms with E-state index in [2.05, 4.69) is 9.57 Å². The molecular formula is C6H11NO5. The largest absolute Gasteiger partial charge is 0.480 e. The normalized spacial score (nSPS) is 9.42. The lowest BCUT2D eigenvalue weighted by atomic mass is 10.6. The number of carboxylic acid groups (broad SMARTS) is 1. The van der Waals surface area contributed by atoms with Crippen molar-refractivity contribution < 1.29 is 24.3 Å². The van der Waals surface area contributed by atoms with E-state index in [1.54, 1.807) is 6.92 Å². The average Bonchev–Trinajstić information content (AvgIpc) is 2.00. The van der Waals surface area contributed by atoms with Crippen LogP contribution in [0, 0.1) is 0 Å². The molecule has 0 saturated heterocycles. The Morgan fingerprint density at radius 1 is 1.42 bits per heavy atom. The van der Waals surface area contributed by atoms with Crippen LogP contribution in [-0.2, 0) is 19.2 Å². The van der Waals surface area contributed by atoms with Gasteiger partial charge in [-0.2, -0.15) is 0 Å². The third-order valence-electron chi connectivity index (χ3n) is 0.789. The fraction of sp³-hybridized carbons (Fsp3) is 0.667. The highest BCUT2D eigenvalue weighted by atomic mass is 16.7. The number of carbonyl (C=O) groups is 2. The predicted octanol–water partition coefficient (Wildman–Crippen LogP) is -0.845. The average molecular weight is 177 g/mol. The van der Waals surface area contributed by atoms with Crippen LogP contribution >= 0.6 is 0 Å². The second-order valence-corrected chi connectivity index (χ2v) is 1.84. The number of nitrogens with one attached hydrogen (secondary N) is 1. The lowest BCUT2D eigenvalue weighted by molar-refractivity contribution is -0.146. The van der Waals surface area contributed by atoms with Crippen LogP contribution in [0.1, 0.15) is 6.92 Å². The zero-order valence-electron chi connectivity index (χ0n) is 6.70. The smallest absolute Gasteiger partial charge is 0.329 e. The van der Waals surface area contributed by atoms with Crippen molar-refractivity contribution in [2.75, 3.05) is 19.8 Å². The minimum Gasteiger partial charge on any atom is -0.480 e. The summed E-state index contributed by atoms with van der Waals surface area (Å²) in [4.78, 5) is 25.1. The lowest BCUT2D eigenvalue weighted by Gasteiger charge is -2.02. The van der Waals surface area contributed by atoms with Crippen LogP contribution in [0.15, 0.2) is 0 Å². The molecule has 0 rings (SSSR count). The molecule has 0 aromatic rings. The molecule has 0 aliphatic carbocycles. The highest BCUT2D eigenvalue weighted by Crippen LogP contribution is 1.75. The second-order valence-electron chi connectivity index (χ2n) is 1.84. The van der Waals surface area contributed by atoms with Gasteiger partial charge in [-0.25, -0.2) is 10.3 Å². The molecule has 0 radical (unpaired) electrons. The number of hydrogen-bond donors (Lipinski definition) is 2. The Labute approximate surface area is 69.4 Å². The van der Waals surface area contributed by atoms with Crippen molar-refractivity contribution >= 4 is 11.9 Å². The summed E-state index contributed by atoms with van der Waals surface area (Å²) >= 11 is 0. The van der Waals surface area contributed by atoms with Crippen molar-refractivity contribution in [2.24, 2.45) is 0 Å². The van der Waals surface area contributed by atoms with Gasteiger partial charge in [-0.3, -0.25) is 9.63 Å². The van der Waals surface area contributed by atoms with Gasteiger partial charge in [0.05, 0.1) is 6.61 Å². The molecule has 0 fully saturated rings. The SMILES string of the molecule is CCONC(=O)COCC(=O)O. The number of hydrogen-bond acceptors (Lipinski definition) is 4. The van der Waals surface area contributed by atoms with Crippen LogP contribution in [0.25, 0.3) is 0 Å². The van der Waals surface area contributed by atoms with E-state index in [9.17, 15) is 9.59 Å². The Morgan fingerprint density at radius 3 is 2.58 bits per heavy atom. The van der Waals surface area contributed by atoms with Crippen molar-refractivity contribution in [3.8, 4) is 0 Å². The Morgan fingerprint density at radius 2 is 2.08 bits per heavy atom. The summed E-state index contributed by atoms with van der Waals surface area (Å²) in [5, 5.41) is 8.11. The van der Waals surface area contributed by atoms with Crippen molar-refractivity contribution in [3.63, 3.8) is 0 Å². The van der Waals surface area contributed by atoms with Gasteiger partial charge in [0.1, 0.15) is 13.2 Å². The topological polar surface area (TPSA) is 84.9 Å². The maximum Gasteiger partial charge on any atom is 0.329 e. The lowest BCUT2D eigenvalue weighted by Crippen LogP contribution is -2.28. The molecule has 0 aromatic heterocycles. The highest BCUT2D eigenvalue weighted by Gasteiger charge is 2.02. The number of carbonyl (C=O) groups excluding carboxylic acids is 1. The van der Waals surface area contributed by atoms with Crippen LogP contribution in [0.5, 0.6) is 0 Å². The first-order valence-electron chi connectivity index (χ1n) is 3.37. The molecule has 12 heavy (non-hydrogen) atoms. The molecule has 0 unspecified atom stereocenters. The maximum absolute atomic E-state index is 10.6. The molecule has 0 aromatic carbocycles. The van der Waals surface area contributed by atoms with E-state index in [1.807, 2.05) is 5.48 Å². The van der Waals surface area contributed by atoms with Gasteiger partial charge in [0, 0.05) is 0 Å². The summed E-state index contributed by atoms with van der Waals surface area (Å²) in [6.07, 6.45) is 0. The highest BCUT2D eigenvalue weighted by molar-refractivity contribution is 5.76. The van der Waals surface area contributed by atoms with Gasteiger partial charge in [-0.1, -0.05) is 0 Å². The van der Waals surface area contributed by atoms with Crippen LogP contribution < -0.4 is 5.48 Å². The summed E-state index contributed by atoms with van der Waals surface area (Å²) in [5.41, 5.74) is 2.05. The number of rotatable bonds is 6. The first-order valence-corrected chi connectivity index (χ1v) is 3.37. The first-order chi connectivity index (χ1) is 5.66. The van der Waals surface area contributed by atoms with Gasteiger partial charge in [0.2, 0.25) is 0 Å². The standard InChI is InChI=1S/C6H11NO5/c1-2-12-7-5(8)3-11-4-6(9)10/h2-4H2,1H3,(H,7,8)(H,9,10). The molecule has 0 aliphatic heterocycles. The monoisotopic (exact) mass is 177 g/mol. The summed E-state index contributed by atoms with van der Waals surface area (Å²) in [5.74, 6) is -1.61. The van der Waals surface area contributed by atoms with Crippen molar-refractivity contribution in [3.05, 3.63) is 0 Å². The summed E-state index contributed by atoms with van der Waals surface area (Å²) in [6.45, 7) is 1.26. The Kier molecular flexibility index (Phi) is 5.94. The van der Waals surface area contributed by atoms with Crippen LogP contribution in [0.4, 0.5) is 0 Å². The van der Waals surface area contributed by atoms with Gasteiger partial charge in [0.15, 0.2) is 0 Å². The third kappa shape index (κ3) is 6.97. The maximum atomic E-state index is 10.6.